The lowest BCUT2D eigenvalue weighted by atomic mass is 10.1. The highest BCUT2D eigenvalue weighted by Gasteiger charge is 2.44. The van der Waals surface area contributed by atoms with Crippen molar-refractivity contribution < 1.29 is 24.9 Å². The number of imidazole rings is 1. The number of pyridine rings is 1. The molecule has 5 atom stereocenters. The summed E-state index contributed by atoms with van der Waals surface area (Å²) in [5.74, 6) is -1.07. The predicted molar refractivity (Wildman–Crippen MR) is 91.0 cm³/mol. The summed E-state index contributed by atoms with van der Waals surface area (Å²) in [5, 5.41) is 32.3. The quantitative estimate of drug-likeness (QED) is 0.300. The predicted octanol–water partition coefficient (Wildman–Crippen LogP) is -1.98. The number of hydrogen-bond acceptors (Lipinski definition) is 9. The van der Waals surface area contributed by atoms with Crippen molar-refractivity contribution in [3.8, 4) is 0 Å². The highest BCUT2D eigenvalue weighted by Crippen LogP contribution is 2.31. The zero-order chi connectivity index (χ0) is 18.8. The summed E-state index contributed by atoms with van der Waals surface area (Å²) >= 11 is 0. The van der Waals surface area contributed by atoms with E-state index in [1.54, 1.807) is 6.07 Å². The number of aromatic nitrogens is 3. The number of aliphatic carboxylic acids is 1. The molecule has 11 heteroatoms. The first-order valence-corrected chi connectivity index (χ1v) is 8.18. The third-order valence-corrected chi connectivity index (χ3v) is 4.40. The van der Waals surface area contributed by atoms with E-state index in [4.69, 9.17) is 21.3 Å². The van der Waals surface area contributed by atoms with Crippen molar-refractivity contribution in [3.63, 3.8) is 0 Å². The van der Waals surface area contributed by atoms with Crippen LogP contribution in [-0.4, -0.2) is 73.3 Å². The number of carboxylic acid groups (broad SMARTS) is 1. The topological polar surface area (TPSA) is 182 Å². The molecule has 0 bridgehead atoms. The Kier molecular flexibility index (Phi) is 5.34. The van der Waals surface area contributed by atoms with Crippen LogP contribution in [0.5, 0.6) is 0 Å². The molecule has 0 radical (unpaired) electrons. The van der Waals surface area contributed by atoms with Gasteiger partial charge in [-0.25, -0.2) is 9.97 Å². The molecule has 2 aromatic heterocycles. The van der Waals surface area contributed by atoms with Crippen molar-refractivity contribution in [2.24, 2.45) is 5.73 Å². The van der Waals surface area contributed by atoms with E-state index in [0.717, 1.165) is 0 Å². The second kappa shape index (κ2) is 7.51. The van der Waals surface area contributed by atoms with Crippen molar-refractivity contribution in [2.75, 3.05) is 18.8 Å². The highest BCUT2D eigenvalue weighted by atomic mass is 16.6. The molecule has 0 spiro atoms. The molecule has 2 aromatic rings. The number of nitrogens with two attached hydrogens (primary N) is 2. The van der Waals surface area contributed by atoms with E-state index in [-0.39, 0.29) is 13.0 Å². The summed E-state index contributed by atoms with van der Waals surface area (Å²) in [6, 6.07) is 0.666. The summed E-state index contributed by atoms with van der Waals surface area (Å²) in [7, 11) is 0. The fraction of sp³-hybridized carbons (Fsp3) is 0.533. The second-order valence-electron chi connectivity index (χ2n) is 6.21. The molecule has 11 nitrogen and oxygen atoms in total. The number of nitrogen functional groups attached to an aromatic ring is 1. The molecular formula is C15H22N6O5. The van der Waals surface area contributed by atoms with Gasteiger partial charge in [0.1, 0.15) is 29.9 Å². The van der Waals surface area contributed by atoms with Crippen LogP contribution in [0.2, 0.25) is 0 Å². The molecule has 1 aliphatic rings. The number of aliphatic hydroxyl groups excluding tert-OH is 2. The Bertz CT molecular complexity index is 783. The van der Waals surface area contributed by atoms with Crippen LogP contribution in [-0.2, 0) is 9.53 Å². The normalized spacial score (nSPS) is 27.0. The standard InChI is InChI=1S/C15H22N6O5/c16-7-2-4-19-13-10(7)20-6-21(13)14-12(23)11(22)9(26-14)5-18-3-1-8(17)15(24)25/h2,4,6,8-9,11-12,14,18,22-23H,1,3,5,17H2,(H2,16,19)(H,24,25). The SMILES string of the molecule is Nc1ccnc2c1ncn2C1OC(CNCCC(N)C(=O)O)C(O)C1O. The van der Waals surface area contributed by atoms with Gasteiger partial charge in [0.15, 0.2) is 11.9 Å². The highest BCUT2D eigenvalue weighted by molar-refractivity contribution is 5.83. The van der Waals surface area contributed by atoms with Gasteiger partial charge in [-0.2, -0.15) is 0 Å². The Balaban J connectivity index is 1.64. The number of carbonyl (C=O) groups is 1. The number of carboxylic acids is 1. The van der Waals surface area contributed by atoms with E-state index in [1.807, 2.05) is 0 Å². The van der Waals surface area contributed by atoms with E-state index in [2.05, 4.69) is 15.3 Å². The Labute approximate surface area is 148 Å². The molecule has 3 rings (SSSR count). The Morgan fingerprint density at radius 1 is 1.38 bits per heavy atom. The van der Waals surface area contributed by atoms with Gasteiger partial charge < -0.3 is 36.8 Å². The molecule has 0 amide bonds. The van der Waals surface area contributed by atoms with Gasteiger partial charge in [-0.15, -0.1) is 0 Å². The molecule has 3 heterocycles. The van der Waals surface area contributed by atoms with Gasteiger partial charge in [0, 0.05) is 12.7 Å². The third-order valence-electron chi connectivity index (χ3n) is 4.40. The minimum atomic E-state index is -1.18. The maximum absolute atomic E-state index is 10.7. The average Bonchev–Trinajstić information content (AvgIpc) is 3.15. The first kappa shape index (κ1) is 18.5. The van der Waals surface area contributed by atoms with E-state index >= 15 is 0 Å². The molecular weight excluding hydrogens is 344 g/mol. The maximum Gasteiger partial charge on any atom is 0.320 e. The molecule has 1 fully saturated rings. The van der Waals surface area contributed by atoms with E-state index in [9.17, 15) is 15.0 Å². The van der Waals surface area contributed by atoms with Gasteiger partial charge in [-0.05, 0) is 19.0 Å². The summed E-state index contributed by atoms with van der Waals surface area (Å²) in [4.78, 5) is 19.1. The lowest BCUT2D eigenvalue weighted by Crippen LogP contribution is -2.40. The van der Waals surface area contributed by atoms with Gasteiger partial charge in [-0.3, -0.25) is 9.36 Å². The number of ether oxygens (including phenoxy) is 1. The number of hydrogen-bond donors (Lipinski definition) is 6. The summed E-state index contributed by atoms with van der Waals surface area (Å²) in [6.45, 7) is 0.566. The first-order chi connectivity index (χ1) is 12.4. The molecule has 0 saturated carbocycles. The van der Waals surface area contributed by atoms with Crippen molar-refractivity contribution in [1.29, 1.82) is 0 Å². The smallest absolute Gasteiger partial charge is 0.320 e. The molecule has 26 heavy (non-hydrogen) atoms. The number of fused-ring (bicyclic) bond motifs is 1. The van der Waals surface area contributed by atoms with Crippen LogP contribution >= 0.6 is 0 Å². The van der Waals surface area contributed by atoms with Crippen LogP contribution < -0.4 is 16.8 Å². The van der Waals surface area contributed by atoms with Crippen LogP contribution in [0.3, 0.4) is 0 Å². The number of anilines is 1. The molecule has 0 aromatic carbocycles. The zero-order valence-corrected chi connectivity index (χ0v) is 13.9. The fourth-order valence-electron chi connectivity index (χ4n) is 2.89. The second-order valence-corrected chi connectivity index (χ2v) is 6.21. The van der Waals surface area contributed by atoms with Crippen molar-refractivity contribution in [1.82, 2.24) is 19.9 Å². The van der Waals surface area contributed by atoms with Crippen LogP contribution in [0, 0.1) is 0 Å². The van der Waals surface area contributed by atoms with E-state index in [1.165, 1.54) is 17.1 Å². The third kappa shape index (κ3) is 3.48. The van der Waals surface area contributed by atoms with Gasteiger partial charge in [0.2, 0.25) is 0 Å². The first-order valence-electron chi connectivity index (χ1n) is 8.18. The van der Waals surface area contributed by atoms with Gasteiger partial charge in [0.25, 0.3) is 0 Å². The minimum Gasteiger partial charge on any atom is -0.480 e. The minimum absolute atomic E-state index is 0.225. The van der Waals surface area contributed by atoms with Gasteiger partial charge >= 0.3 is 5.97 Å². The molecule has 8 N–H and O–H groups in total. The van der Waals surface area contributed by atoms with Gasteiger partial charge in [-0.1, -0.05) is 0 Å². The number of rotatable bonds is 7. The zero-order valence-electron chi connectivity index (χ0n) is 13.9. The average molecular weight is 366 g/mol. The number of nitrogens with one attached hydrogen (secondary N) is 1. The maximum atomic E-state index is 10.7. The molecule has 0 aliphatic carbocycles. The Morgan fingerprint density at radius 3 is 2.88 bits per heavy atom. The van der Waals surface area contributed by atoms with Gasteiger partial charge in [0.05, 0.1) is 12.0 Å². The van der Waals surface area contributed by atoms with Crippen LogP contribution in [0.25, 0.3) is 11.2 Å². The van der Waals surface area contributed by atoms with Crippen LogP contribution in [0.1, 0.15) is 12.6 Å². The van der Waals surface area contributed by atoms with Crippen LogP contribution in [0.15, 0.2) is 18.6 Å². The molecule has 1 saturated heterocycles. The fourth-order valence-corrected chi connectivity index (χ4v) is 2.89. The van der Waals surface area contributed by atoms with Crippen molar-refractivity contribution >= 4 is 22.8 Å². The molecule has 5 unspecified atom stereocenters. The Morgan fingerprint density at radius 2 is 2.15 bits per heavy atom. The number of aliphatic hydroxyl groups is 2. The summed E-state index contributed by atoms with van der Waals surface area (Å²) in [6.07, 6.45) is -0.636. The summed E-state index contributed by atoms with van der Waals surface area (Å²) < 4.78 is 7.29. The summed E-state index contributed by atoms with van der Waals surface area (Å²) in [5.41, 5.74) is 12.7. The van der Waals surface area contributed by atoms with E-state index < -0.39 is 36.6 Å². The van der Waals surface area contributed by atoms with E-state index in [0.29, 0.717) is 23.4 Å². The van der Waals surface area contributed by atoms with Crippen molar-refractivity contribution in [2.45, 2.75) is 37.0 Å². The molecule has 142 valence electrons. The lowest BCUT2D eigenvalue weighted by molar-refractivity contribution is -0.138. The monoisotopic (exact) mass is 366 g/mol. The lowest BCUT2D eigenvalue weighted by Gasteiger charge is -2.16. The number of nitrogens with zero attached hydrogens (tertiary/aromatic N) is 3. The van der Waals surface area contributed by atoms with Crippen molar-refractivity contribution in [3.05, 3.63) is 18.6 Å². The van der Waals surface area contributed by atoms with Crippen LogP contribution in [0.4, 0.5) is 5.69 Å². The Hall–Kier alpha value is -2.31. The largest absolute Gasteiger partial charge is 0.480 e. The molecule has 1 aliphatic heterocycles.